The van der Waals surface area contributed by atoms with Crippen LogP contribution >= 0.6 is 0 Å². The van der Waals surface area contributed by atoms with Gasteiger partial charge in [-0.25, -0.2) is 0 Å². The molecule has 0 fully saturated rings. The van der Waals surface area contributed by atoms with Crippen molar-refractivity contribution < 1.29 is 9.82 Å². The van der Waals surface area contributed by atoms with E-state index in [9.17, 15) is 4.79 Å². The predicted molar refractivity (Wildman–Crippen MR) is 46.5 cm³/mol. The third-order valence-corrected chi connectivity index (χ3v) is 1.88. The lowest BCUT2D eigenvalue weighted by molar-refractivity contribution is -0.120. The summed E-state index contributed by atoms with van der Waals surface area (Å²) >= 11 is 0. The van der Waals surface area contributed by atoms with E-state index in [1.807, 2.05) is 20.8 Å². The average Bonchev–Trinajstić information content (AvgIpc) is 1.87. The first kappa shape index (κ1) is 10.7. The van der Waals surface area contributed by atoms with Crippen molar-refractivity contribution in [1.82, 2.24) is 0 Å². The van der Waals surface area contributed by atoms with Crippen molar-refractivity contribution in [3.8, 4) is 0 Å². The van der Waals surface area contributed by atoms with Gasteiger partial charge in [0.1, 0.15) is 5.78 Å². The lowest BCUT2D eigenvalue weighted by atomic mass is 9.62. The summed E-state index contributed by atoms with van der Waals surface area (Å²) in [5, 5.41) is 8.54. The first-order chi connectivity index (χ1) is 4.89. The summed E-state index contributed by atoms with van der Waals surface area (Å²) in [5.74, 6) is 0.216. The normalized spacial score (nSPS) is 14.3. The van der Waals surface area contributed by atoms with Crippen LogP contribution in [0.5, 0.6) is 0 Å². The average molecular weight is 155 g/mol. The Hall–Kier alpha value is -0.305. The molecule has 0 heterocycles. The van der Waals surface area contributed by atoms with Gasteiger partial charge in [-0.1, -0.05) is 20.8 Å². The number of hydrogen-bond acceptors (Lipinski definition) is 2. The van der Waals surface area contributed by atoms with Gasteiger partial charge in [0.25, 0.3) is 7.48 Å². The largest absolute Gasteiger partial charge is 0.454 e. The summed E-state index contributed by atoms with van der Waals surface area (Å²) < 4.78 is 0. The van der Waals surface area contributed by atoms with Gasteiger partial charge in [-0.05, 0) is 18.7 Å². The maximum Gasteiger partial charge on any atom is 0.293 e. The number of rotatable bonds is 4. The van der Waals surface area contributed by atoms with Crippen LogP contribution in [0.3, 0.4) is 0 Å². The van der Waals surface area contributed by atoms with Crippen molar-refractivity contribution in [2.45, 2.75) is 39.4 Å². The van der Waals surface area contributed by atoms with Gasteiger partial charge >= 0.3 is 0 Å². The highest BCUT2D eigenvalue weighted by Crippen LogP contribution is 2.30. The van der Waals surface area contributed by atoms with Gasteiger partial charge in [0, 0.05) is 5.92 Å². The topological polar surface area (TPSA) is 37.3 Å². The first-order valence-corrected chi connectivity index (χ1v) is 3.88. The molecule has 0 aliphatic heterocycles. The second-order valence-corrected chi connectivity index (χ2v) is 3.83. The minimum atomic E-state index is -0.245. The van der Waals surface area contributed by atoms with E-state index in [-0.39, 0.29) is 17.0 Å². The molecule has 0 rings (SSSR count). The lowest BCUT2D eigenvalue weighted by Crippen LogP contribution is -2.19. The Morgan fingerprint density at radius 2 is 2.09 bits per heavy atom. The molecule has 0 aromatic rings. The molecule has 63 valence electrons. The summed E-state index contributed by atoms with van der Waals surface area (Å²) in [5.41, 5.74) is 0. The maximum absolute atomic E-state index is 10.8. The molecule has 0 aliphatic rings. The van der Waals surface area contributed by atoms with Crippen LogP contribution in [-0.2, 0) is 4.79 Å². The fraction of sp³-hybridized carbons (Fsp3) is 0.875. The molecule has 0 bridgehead atoms. The number of hydrogen-bond donors (Lipinski definition) is 1. The van der Waals surface area contributed by atoms with Gasteiger partial charge < -0.3 is 5.02 Å². The van der Waals surface area contributed by atoms with Crippen LogP contribution in [0.4, 0.5) is 0 Å². The fourth-order valence-corrected chi connectivity index (χ4v) is 0.986. The fourth-order valence-electron chi connectivity index (χ4n) is 0.986. The van der Waals surface area contributed by atoms with Crippen molar-refractivity contribution in [1.29, 1.82) is 0 Å². The Labute approximate surface area is 69.3 Å². The summed E-state index contributed by atoms with van der Waals surface area (Å²) in [6.07, 6.45) is 0.707. The molecule has 2 nitrogen and oxygen atoms in total. The van der Waals surface area contributed by atoms with Crippen LogP contribution in [0.2, 0.25) is 5.31 Å². The van der Waals surface area contributed by atoms with Crippen LogP contribution in [0.15, 0.2) is 0 Å². The molecule has 11 heavy (non-hydrogen) atoms. The quantitative estimate of drug-likeness (QED) is 0.623. The highest BCUT2D eigenvalue weighted by atomic mass is 16.2. The van der Waals surface area contributed by atoms with Gasteiger partial charge in [0.15, 0.2) is 0 Å². The molecule has 1 unspecified atom stereocenters. The summed E-state index contributed by atoms with van der Waals surface area (Å²) in [7, 11) is 1.16. The second-order valence-electron chi connectivity index (χ2n) is 3.83. The second kappa shape index (κ2) is 3.91. The van der Waals surface area contributed by atoms with Gasteiger partial charge in [0.2, 0.25) is 0 Å². The molecule has 0 aromatic carbocycles. The molecule has 1 atom stereocenters. The van der Waals surface area contributed by atoms with Crippen molar-refractivity contribution in [2.24, 2.45) is 5.92 Å². The predicted octanol–water partition coefficient (Wildman–Crippen LogP) is 1.41. The molecule has 0 aromatic heterocycles. The maximum atomic E-state index is 10.8. The smallest absolute Gasteiger partial charge is 0.293 e. The third-order valence-electron chi connectivity index (χ3n) is 1.88. The highest BCUT2D eigenvalue weighted by molar-refractivity contribution is 6.30. The summed E-state index contributed by atoms with van der Waals surface area (Å²) in [6.45, 7) is 7.28. The number of ketones is 1. The Balaban J connectivity index is 3.93. The highest BCUT2D eigenvalue weighted by Gasteiger charge is 2.23. The van der Waals surface area contributed by atoms with E-state index in [0.29, 0.717) is 6.42 Å². The van der Waals surface area contributed by atoms with Crippen LogP contribution in [0, 0.1) is 5.92 Å². The Morgan fingerprint density at radius 3 is 2.36 bits per heavy atom. The molecule has 0 amide bonds. The molecule has 0 saturated carbocycles. The van der Waals surface area contributed by atoms with E-state index in [1.54, 1.807) is 6.92 Å². The molecule has 0 aliphatic carbocycles. The minimum absolute atomic E-state index is 0.0356. The Bertz CT molecular complexity index is 143. The van der Waals surface area contributed by atoms with E-state index in [2.05, 4.69) is 0 Å². The molecule has 1 N–H and O–H groups in total. The standard InChI is InChI=1S/C8H16BO2/c1-6(7(2)10)5-8(3,4)9-11/h6,11H,5H2,1-4H3. The number of Topliss-reactive ketones (excluding diaryl/α,β-unsaturated/α-hetero) is 1. The van der Waals surface area contributed by atoms with Crippen LogP contribution in [0.25, 0.3) is 0 Å². The lowest BCUT2D eigenvalue weighted by Gasteiger charge is -2.22. The van der Waals surface area contributed by atoms with Crippen LogP contribution in [-0.4, -0.2) is 18.3 Å². The van der Waals surface area contributed by atoms with Crippen LogP contribution < -0.4 is 0 Å². The summed E-state index contributed by atoms with van der Waals surface area (Å²) in [4.78, 5) is 10.8. The Morgan fingerprint density at radius 1 is 1.64 bits per heavy atom. The monoisotopic (exact) mass is 155 g/mol. The third kappa shape index (κ3) is 4.20. The van der Waals surface area contributed by atoms with Crippen molar-refractivity contribution in [2.75, 3.05) is 0 Å². The van der Waals surface area contributed by atoms with E-state index in [0.717, 1.165) is 7.48 Å². The molecular weight excluding hydrogens is 139 g/mol. The molecule has 1 radical (unpaired) electrons. The van der Waals surface area contributed by atoms with E-state index in [4.69, 9.17) is 5.02 Å². The van der Waals surface area contributed by atoms with Crippen molar-refractivity contribution >= 4 is 13.3 Å². The van der Waals surface area contributed by atoms with E-state index >= 15 is 0 Å². The first-order valence-electron chi connectivity index (χ1n) is 3.88. The van der Waals surface area contributed by atoms with E-state index in [1.165, 1.54) is 0 Å². The van der Waals surface area contributed by atoms with Crippen molar-refractivity contribution in [3.05, 3.63) is 0 Å². The van der Waals surface area contributed by atoms with Crippen LogP contribution in [0.1, 0.15) is 34.1 Å². The molecule has 0 saturated heterocycles. The van der Waals surface area contributed by atoms with Gasteiger partial charge in [-0.15, -0.1) is 0 Å². The van der Waals surface area contributed by atoms with Gasteiger partial charge in [-0.3, -0.25) is 4.79 Å². The van der Waals surface area contributed by atoms with Crippen molar-refractivity contribution in [3.63, 3.8) is 0 Å². The SMILES string of the molecule is CC(=O)C(C)CC(C)(C)[B]O. The number of carbonyl (C=O) groups excluding carboxylic acids is 1. The van der Waals surface area contributed by atoms with E-state index < -0.39 is 0 Å². The zero-order chi connectivity index (χ0) is 9.07. The zero-order valence-electron chi connectivity index (χ0n) is 7.72. The summed E-state index contributed by atoms with van der Waals surface area (Å²) in [6, 6.07) is 0. The Kier molecular flexibility index (Phi) is 3.80. The zero-order valence-corrected chi connectivity index (χ0v) is 7.72. The molecule has 3 heteroatoms. The minimum Gasteiger partial charge on any atom is -0.454 e. The molecular formula is C8H16BO2. The van der Waals surface area contributed by atoms with Gasteiger partial charge in [0.05, 0.1) is 0 Å². The van der Waals surface area contributed by atoms with Gasteiger partial charge in [-0.2, -0.15) is 0 Å². The number of carbonyl (C=O) groups is 1. The molecule has 0 spiro atoms.